The molecule has 11 heteroatoms. The van der Waals surface area contributed by atoms with Crippen LogP contribution >= 0.6 is 0 Å². The van der Waals surface area contributed by atoms with Gasteiger partial charge in [0.05, 0.1) is 13.2 Å². The SMILES string of the molecule is O=c1ccn([C@@H]2O[C@H](CO)[C@H](O)C2O)c(=O)n1Cc1noc2c(F)cccc12. The summed E-state index contributed by atoms with van der Waals surface area (Å²) in [7, 11) is 0. The van der Waals surface area contributed by atoms with Crippen molar-refractivity contribution in [3.8, 4) is 0 Å². The topological polar surface area (TPSA) is 140 Å². The first kappa shape index (κ1) is 18.5. The molecule has 1 aliphatic heterocycles. The van der Waals surface area contributed by atoms with Gasteiger partial charge in [0, 0.05) is 17.6 Å². The predicted molar refractivity (Wildman–Crippen MR) is 91.0 cm³/mol. The maximum absolute atomic E-state index is 13.8. The second-order valence-electron chi connectivity index (χ2n) is 6.40. The van der Waals surface area contributed by atoms with Gasteiger partial charge in [-0.25, -0.2) is 9.18 Å². The molecule has 4 rings (SSSR count). The number of fused-ring (bicyclic) bond motifs is 1. The molecule has 0 aliphatic carbocycles. The molecule has 3 heterocycles. The molecule has 0 bridgehead atoms. The molecule has 0 amide bonds. The lowest BCUT2D eigenvalue weighted by Crippen LogP contribution is -2.43. The smallest absolute Gasteiger partial charge is 0.333 e. The molecule has 3 aromatic rings. The summed E-state index contributed by atoms with van der Waals surface area (Å²) in [6, 6.07) is 5.27. The Kier molecular flexibility index (Phi) is 4.59. The van der Waals surface area contributed by atoms with Gasteiger partial charge in [-0.3, -0.25) is 13.9 Å². The van der Waals surface area contributed by atoms with E-state index in [4.69, 9.17) is 9.26 Å². The number of halogens is 1. The molecular weight excluding hydrogens is 377 g/mol. The van der Waals surface area contributed by atoms with Crippen LogP contribution in [0, 0.1) is 5.82 Å². The maximum atomic E-state index is 13.8. The van der Waals surface area contributed by atoms with Crippen molar-refractivity contribution in [2.24, 2.45) is 0 Å². The number of aromatic nitrogens is 3. The van der Waals surface area contributed by atoms with Crippen LogP contribution in [0.2, 0.25) is 0 Å². The van der Waals surface area contributed by atoms with Crippen LogP contribution in [0.5, 0.6) is 0 Å². The predicted octanol–water partition coefficient (Wildman–Crippen LogP) is -1.05. The molecule has 1 aromatic carbocycles. The Morgan fingerprint density at radius 1 is 1.18 bits per heavy atom. The molecule has 28 heavy (non-hydrogen) atoms. The lowest BCUT2D eigenvalue weighted by molar-refractivity contribution is -0.0555. The number of para-hydroxylation sites is 1. The van der Waals surface area contributed by atoms with Gasteiger partial charge in [-0.2, -0.15) is 0 Å². The van der Waals surface area contributed by atoms with Crippen LogP contribution in [0.1, 0.15) is 11.9 Å². The summed E-state index contributed by atoms with van der Waals surface area (Å²) >= 11 is 0. The minimum absolute atomic E-state index is 0.0923. The lowest BCUT2D eigenvalue weighted by Gasteiger charge is -2.18. The molecule has 0 saturated carbocycles. The number of hydrogen-bond donors (Lipinski definition) is 3. The third kappa shape index (κ3) is 2.85. The summed E-state index contributed by atoms with van der Waals surface area (Å²) in [6.07, 6.45) is -4.12. The molecule has 0 spiro atoms. The van der Waals surface area contributed by atoms with Gasteiger partial charge in [0.25, 0.3) is 5.56 Å². The van der Waals surface area contributed by atoms with E-state index in [0.717, 1.165) is 21.4 Å². The number of ether oxygens (including phenoxy) is 1. The largest absolute Gasteiger partial charge is 0.394 e. The Labute approximate surface area is 155 Å². The van der Waals surface area contributed by atoms with Crippen LogP contribution in [0.3, 0.4) is 0 Å². The highest BCUT2D eigenvalue weighted by atomic mass is 19.1. The van der Waals surface area contributed by atoms with Crippen molar-refractivity contribution in [2.45, 2.75) is 31.1 Å². The van der Waals surface area contributed by atoms with E-state index in [1.54, 1.807) is 6.07 Å². The molecule has 10 nitrogen and oxygen atoms in total. The number of hydrogen-bond acceptors (Lipinski definition) is 8. The van der Waals surface area contributed by atoms with Crippen molar-refractivity contribution >= 4 is 11.0 Å². The van der Waals surface area contributed by atoms with E-state index in [0.29, 0.717) is 5.39 Å². The van der Waals surface area contributed by atoms with E-state index >= 15 is 0 Å². The highest BCUT2D eigenvalue weighted by Gasteiger charge is 2.43. The zero-order valence-electron chi connectivity index (χ0n) is 14.3. The van der Waals surface area contributed by atoms with Gasteiger partial charge in [0.15, 0.2) is 12.0 Å². The van der Waals surface area contributed by atoms with Crippen molar-refractivity contribution in [1.29, 1.82) is 0 Å². The van der Waals surface area contributed by atoms with Crippen LogP contribution in [0.4, 0.5) is 4.39 Å². The Morgan fingerprint density at radius 2 is 1.96 bits per heavy atom. The average Bonchev–Trinajstić information content (AvgIpc) is 3.22. The number of aliphatic hydroxyl groups is 3. The summed E-state index contributed by atoms with van der Waals surface area (Å²) in [5.41, 5.74) is -1.41. The molecule has 1 aliphatic rings. The third-order valence-electron chi connectivity index (χ3n) is 4.72. The first-order valence-electron chi connectivity index (χ1n) is 8.39. The normalized spacial score (nSPS) is 24.9. The van der Waals surface area contributed by atoms with Gasteiger partial charge in [-0.1, -0.05) is 11.2 Å². The Morgan fingerprint density at radius 3 is 2.68 bits per heavy atom. The standard InChI is InChI=1S/C17H16FN3O7/c18-9-3-1-2-8-10(19-28-15(8)9)6-21-12(23)4-5-20(17(21)26)16-14(25)13(24)11(7-22)27-16/h1-5,11,13-14,16,22,24-25H,6-7H2/t11-,13+,14?,16-/m1/s1. The number of aliphatic hydroxyl groups excluding tert-OH is 3. The van der Waals surface area contributed by atoms with Crippen molar-refractivity contribution in [3.63, 3.8) is 0 Å². The number of benzene rings is 1. The van der Waals surface area contributed by atoms with E-state index in [2.05, 4.69) is 5.16 Å². The Bertz CT molecular complexity index is 1140. The summed E-state index contributed by atoms with van der Waals surface area (Å²) < 4.78 is 25.8. The minimum atomic E-state index is -1.48. The van der Waals surface area contributed by atoms with E-state index in [1.807, 2.05) is 0 Å². The molecule has 1 unspecified atom stereocenters. The van der Waals surface area contributed by atoms with E-state index < -0.39 is 48.2 Å². The molecule has 2 aromatic heterocycles. The van der Waals surface area contributed by atoms with Gasteiger partial charge in [0.2, 0.25) is 5.58 Å². The highest BCUT2D eigenvalue weighted by molar-refractivity contribution is 5.79. The molecule has 4 atom stereocenters. The molecule has 1 saturated heterocycles. The summed E-state index contributed by atoms with van der Waals surface area (Å²) in [5.74, 6) is -0.624. The van der Waals surface area contributed by atoms with Gasteiger partial charge >= 0.3 is 5.69 Å². The zero-order chi connectivity index (χ0) is 20.0. The van der Waals surface area contributed by atoms with Crippen molar-refractivity contribution < 1.29 is 29.0 Å². The van der Waals surface area contributed by atoms with Gasteiger partial charge in [0.1, 0.15) is 24.0 Å². The second kappa shape index (κ2) is 6.95. The van der Waals surface area contributed by atoms with Crippen molar-refractivity contribution in [3.05, 3.63) is 62.8 Å². The monoisotopic (exact) mass is 393 g/mol. The summed E-state index contributed by atoms with van der Waals surface area (Å²) in [6.45, 7) is -0.858. The van der Waals surface area contributed by atoms with Crippen LogP contribution in [0.15, 0.2) is 44.6 Å². The van der Waals surface area contributed by atoms with Crippen molar-refractivity contribution in [1.82, 2.24) is 14.3 Å². The fourth-order valence-electron chi connectivity index (χ4n) is 3.22. The Hall–Kier alpha value is -2.86. The van der Waals surface area contributed by atoms with E-state index in [1.165, 1.54) is 12.1 Å². The number of nitrogens with zero attached hydrogens (tertiary/aromatic N) is 3. The van der Waals surface area contributed by atoms with Gasteiger partial charge in [-0.05, 0) is 12.1 Å². The second-order valence-corrected chi connectivity index (χ2v) is 6.40. The number of rotatable bonds is 4. The average molecular weight is 393 g/mol. The van der Waals surface area contributed by atoms with Gasteiger partial charge < -0.3 is 24.6 Å². The fraction of sp³-hybridized carbons (Fsp3) is 0.353. The first-order chi connectivity index (χ1) is 13.4. The maximum Gasteiger partial charge on any atom is 0.333 e. The van der Waals surface area contributed by atoms with Crippen LogP contribution < -0.4 is 11.2 Å². The highest BCUT2D eigenvalue weighted by Crippen LogP contribution is 2.28. The molecule has 1 fully saturated rings. The minimum Gasteiger partial charge on any atom is -0.394 e. The first-order valence-corrected chi connectivity index (χ1v) is 8.39. The fourth-order valence-corrected chi connectivity index (χ4v) is 3.22. The zero-order valence-corrected chi connectivity index (χ0v) is 14.3. The van der Waals surface area contributed by atoms with E-state index in [9.17, 15) is 29.3 Å². The van der Waals surface area contributed by atoms with Gasteiger partial charge in [-0.15, -0.1) is 0 Å². The lowest BCUT2D eigenvalue weighted by atomic mass is 10.1. The molecular formula is C17H16FN3O7. The third-order valence-corrected chi connectivity index (χ3v) is 4.72. The quantitative estimate of drug-likeness (QED) is 0.510. The molecule has 3 N–H and O–H groups in total. The summed E-state index contributed by atoms with van der Waals surface area (Å²) in [5, 5.41) is 33.2. The molecule has 148 valence electrons. The van der Waals surface area contributed by atoms with Crippen LogP contribution in [-0.4, -0.2) is 54.5 Å². The van der Waals surface area contributed by atoms with Crippen molar-refractivity contribution in [2.75, 3.05) is 6.61 Å². The summed E-state index contributed by atoms with van der Waals surface area (Å²) in [4.78, 5) is 25.0. The van der Waals surface area contributed by atoms with Crippen LogP contribution in [0.25, 0.3) is 11.0 Å². The van der Waals surface area contributed by atoms with E-state index in [-0.39, 0.29) is 17.8 Å². The molecule has 0 radical (unpaired) electrons. The van der Waals surface area contributed by atoms with Crippen LogP contribution in [-0.2, 0) is 11.3 Å². The Balaban J connectivity index is 1.75.